The lowest BCUT2D eigenvalue weighted by Crippen LogP contribution is -2.29. The average molecular weight is 513 g/mol. The van der Waals surface area contributed by atoms with Crippen molar-refractivity contribution in [3.8, 4) is 17.0 Å². The number of carbonyl (C=O) groups is 1. The Labute approximate surface area is 237 Å². The van der Waals surface area contributed by atoms with E-state index in [0.29, 0.717) is 5.69 Å². The van der Waals surface area contributed by atoms with E-state index in [0.717, 1.165) is 22.5 Å². The third-order valence-electron chi connectivity index (χ3n) is 5.62. The highest BCUT2D eigenvalue weighted by molar-refractivity contribution is 6.01. The number of ether oxygens (including phenoxy) is 1. The van der Waals surface area contributed by atoms with E-state index in [1.54, 1.807) is 6.07 Å². The van der Waals surface area contributed by atoms with Gasteiger partial charge in [0.25, 0.3) is 0 Å². The smallest absolute Gasteiger partial charge is 0.247 e. The van der Waals surface area contributed by atoms with Crippen LogP contribution in [-0.4, -0.2) is 66.4 Å². The summed E-state index contributed by atoms with van der Waals surface area (Å²) in [5, 5.41) is 3.19. The van der Waals surface area contributed by atoms with Crippen molar-refractivity contribution in [1.82, 2.24) is 19.4 Å². The highest BCUT2D eigenvalue weighted by Gasteiger charge is 2.17. The zero-order chi connectivity index (χ0) is 38.3. The quantitative estimate of drug-likeness (QED) is 0.318. The van der Waals surface area contributed by atoms with Crippen molar-refractivity contribution in [1.29, 1.82) is 0 Å². The minimum absolute atomic E-state index is 0.0426. The van der Waals surface area contributed by atoms with Gasteiger partial charge in [0.1, 0.15) is 11.6 Å². The normalized spacial score (nSPS) is 17.9. The Kier molecular flexibility index (Phi) is 4.08. The molecule has 0 atom stereocenters. The van der Waals surface area contributed by atoms with Crippen molar-refractivity contribution in [2.45, 2.75) is 6.42 Å². The molecule has 0 unspecified atom stereocenters. The number of fused-ring (bicyclic) bond motifs is 1. The first kappa shape index (κ1) is 13.4. The first-order valence-electron chi connectivity index (χ1n) is 18.1. The molecular weight excluding hydrogens is 464 g/mol. The van der Waals surface area contributed by atoms with Crippen molar-refractivity contribution in [3.63, 3.8) is 0 Å². The van der Waals surface area contributed by atoms with Gasteiger partial charge in [-0.3, -0.25) is 4.79 Å². The molecule has 4 rings (SSSR count). The van der Waals surface area contributed by atoms with Crippen molar-refractivity contribution < 1.29 is 28.7 Å². The van der Waals surface area contributed by atoms with Gasteiger partial charge in [0.05, 0.1) is 31.0 Å². The minimum atomic E-state index is -3.43. The summed E-state index contributed by atoms with van der Waals surface area (Å²) in [6, 6.07) is 10.6. The van der Waals surface area contributed by atoms with E-state index in [1.165, 1.54) is 19.4 Å². The number of aromatic nitrogens is 3. The fraction of sp³-hybridized carbons (Fsp3) is 0.276. The number of anilines is 2. The monoisotopic (exact) mass is 512 g/mol. The van der Waals surface area contributed by atoms with E-state index in [4.69, 9.17) is 28.9 Å². The number of amides is 1. The van der Waals surface area contributed by atoms with E-state index >= 15 is 0 Å². The molecule has 1 N–H and O–H groups in total. The van der Waals surface area contributed by atoms with Gasteiger partial charge in [-0.25, -0.2) is 9.97 Å². The van der Waals surface area contributed by atoms with Gasteiger partial charge in [-0.15, -0.1) is 0 Å². The van der Waals surface area contributed by atoms with Crippen LogP contribution < -0.4 is 15.0 Å². The number of aryl methyl sites for hydroxylation is 1. The zero-order valence-electron chi connectivity index (χ0n) is 34.2. The number of likely N-dealkylation sites (N-methyl/N-ethyl adjacent to an activating group) is 2. The Morgan fingerprint density at radius 3 is 2.97 bits per heavy atom. The first-order chi connectivity index (χ1) is 23.5. The summed E-state index contributed by atoms with van der Waals surface area (Å²) < 4.78 is 118. The zero-order valence-corrected chi connectivity index (χ0v) is 20.2. The van der Waals surface area contributed by atoms with Crippen LogP contribution >= 0.6 is 0 Å². The lowest BCUT2D eigenvalue weighted by atomic mass is 10.1. The molecule has 0 bridgehead atoms. The summed E-state index contributed by atoms with van der Waals surface area (Å²) >= 11 is 0. The predicted octanol–water partition coefficient (Wildman–Crippen LogP) is 4.36. The Morgan fingerprint density at radius 2 is 2.19 bits per heavy atom. The number of methoxy groups -OCH3 is 1. The lowest BCUT2D eigenvalue weighted by Gasteiger charge is -2.25. The van der Waals surface area contributed by atoms with E-state index < -0.39 is 63.8 Å². The van der Waals surface area contributed by atoms with Gasteiger partial charge in [0.15, 0.2) is 0 Å². The number of nitrogens with zero attached hydrogens (tertiary/aromatic N) is 5. The molecule has 0 fully saturated rings. The summed E-state index contributed by atoms with van der Waals surface area (Å²) in [5.41, 5.74) is 1.56. The lowest BCUT2D eigenvalue weighted by molar-refractivity contribution is -0.111. The molecule has 4 aromatic rings. The largest absolute Gasteiger partial charge is 0.496 e. The predicted molar refractivity (Wildman–Crippen MR) is 150 cm³/mol. The number of hydrogen-bond donors (Lipinski definition) is 1. The molecule has 1 amide bonds. The molecule has 2 heterocycles. The second-order valence-corrected chi connectivity index (χ2v) is 8.05. The molecule has 2 aromatic carbocycles. The minimum Gasteiger partial charge on any atom is -0.496 e. The summed E-state index contributed by atoms with van der Waals surface area (Å²) in [4.78, 5) is 22.0. The fourth-order valence-corrected chi connectivity index (χ4v) is 3.96. The maximum Gasteiger partial charge on any atom is 0.247 e. The number of para-hydroxylation sites is 1. The van der Waals surface area contributed by atoms with Crippen LogP contribution in [0.4, 0.5) is 11.4 Å². The molecule has 0 aliphatic carbocycles. The van der Waals surface area contributed by atoms with Gasteiger partial charge in [-0.2, -0.15) is 0 Å². The summed E-state index contributed by atoms with van der Waals surface area (Å²) in [7, 11) is 3.14. The Morgan fingerprint density at radius 1 is 1.32 bits per heavy atom. The number of rotatable bonds is 10. The second-order valence-electron chi connectivity index (χ2n) is 8.05. The van der Waals surface area contributed by atoms with Crippen molar-refractivity contribution in [2.24, 2.45) is 7.05 Å². The number of hydrogen-bond acceptors (Lipinski definition) is 6. The molecule has 37 heavy (non-hydrogen) atoms. The molecule has 8 nitrogen and oxygen atoms in total. The van der Waals surface area contributed by atoms with E-state index in [9.17, 15) is 4.79 Å². The van der Waals surface area contributed by atoms with Crippen LogP contribution in [0.15, 0.2) is 67.4 Å². The maximum atomic E-state index is 12.9. The third-order valence-corrected chi connectivity index (χ3v) is 5.62. The van der Waals surface area contributed by atoms with E-state index in [-0.39, 0.29) is 33.4 Å². The van der Waals surface area contributed by atoms with Crippen molar-refractivity contribution in [3.05, 3.63) is 78.8 Å². The standard InChI is InChI=1S/C29H34N6O2/c1-7-29(36)32-24-16-20(27(37-6)18-26(24)34(4)15-14-33(2)3)17-28-30-13-12-23(31-28)22-19-35(5)25-11-9-8-10-21(22)25/h7-13,16,18-19H,1,14-15,17H2,2-6H3,(H,32,36)/i1D2,2D3,3D3,4D3,7D,15D2. The van der Waals surface area contributed by atoms with Gasteiger partial charge in [-0.05, 0) is 38.2 Å². The molecule has 0 spiro atoms. The van der Waals surface area contributed by atoms with Crippen LogP contribution in [0.2, 0.25) is 0 Å². The van der Waals surface area contributed by atoms with Crippen molar-refractivity contribution >= 4 is 28.2 Å². The van der Waals surface area contributed by atoms with Crippen LogP contribution in [0.1, 0.15) is 30.6 Å². The molecule has 0 saturated carbocycles. The summed E-state index contributed by atoms with van der Waals surface area (Å²) in [6.07, 6.45) is 3.37. The topological polar surface area (TPSA) is 75.5 Å². The second kappa shape index (κ2) is 11.3. The molecule has 0 aliphatic rings. The van der Waals surface area contributed by atoms with Crippen LogP contribution in [0, 0.1) is 0 Å². The Balaban J connectivity index is 1.89. The molecule has 8 heteroatoms. The van der Waals surface area contributed by atoms with Crippen LogP contribution in [0.5, 0.6) is 5.75 Å². The first-order valence-corrected chi connectivity index (χ1v) is 11.1. The molecule has 192 valence electrons. The average Bonchev–Trinajstić information content (AvgIpc) is 3.35. The van der Waals surface area contributed by atoms with Gasteiger partial charge in [0.2, 0.25) is 5.91 Å². The van der Waals surface area contributed by atoms with E-state index in [1.807, 2.05) is 42.1 Å². The molecule has 0 aliphatic heterocycles. The SMILES string of the molecule is [2H]C([2H])=C([2H])C(=O)Nc1cc(Cc2nccc(-c3cn(C)c4ccccc34)n2)c(OC)cc1N(C([2H])([2H])[2H])C([2H])([2H])CN(C([2H])([2H])[2H])C([2H])([2H])[2H]. The highest BCUT2D eigenvalue weighted by atomic mass is 16.5. The van der Waals surface area contributed by atoms with Crippen molar-refractivity contribution in [2.75, 3.05) is 51.3 Å². The molecular formula is C29H34N6O2. The van der Waals surface area contributed by atoms with Crippen LogP contribution in [0.3, 0.4) is 0 Å². The Bertz CT molecular complexity index is 1930. The summed E-state index contributed by atoms with van der Waals surface area (Å²) in [5.74, 6) is -1.10. The van der Waals surface area contributed by atoms with Crippen LogP contribution in [-0.2, 0) is 18.3 Å². The van der Waals surface area contributed by atoms with Gasteiger partial charge in [0, 0.05) is 86.3 Å². The van der Waals surface area contributed by atoms with E-state index in [2.05, 4.69) is 10.3 Å². The Hall–Kier alpha value is -4.17. The van der Waals surface area contributed by atoms with Gasteiger partial charge < -0.3 is 24.4 Å². The van der Waals surface area contributed by atoms with Gasteiger partial charge >= 0.3 is 0 Å². The fourth-order valence-electron chi connectivity index (χ4n) is 3.96. The molecule has 2 aromatic heterocycles. The summed E-state index contributed by atoms with van der Waals surface area (Å²) in [6.45, 7) is -16.1. The third kappa shape index (κ3) is 5.81. The number of carbonyl (C=O) groups excluding carboxylic acids is 1. The highest BCUT2D eigenvalue weighted by Crippen LogP contribution is 2.35. The number of nitrogens with one attached hydrogen (secondary N) is 1. The molecule has 0 saturated heterocycles. The van der Waals surface area contributed by atoms with Gasteiger partial charge in [-0.1, -0.05) is 24.7 Å². The maximum absolute atomic E-state index is 12.9. The number of benzene rings is 2. The van der Waals surface area contributed by atoms with Crippen LogP contribution in [0.25, 0.3) is 22.2 Å². The molecule has 0 radical (unpaired) electrons.